The fourth-order valence-corrected chi connectivity index (χ4v) is 6.19. The zero-order valence-electron chi connectivity index (χ0n) is 17.0. The van der Waals surface area contributed by atoms with E-state index in [2.05, 4.69) is 22.7 Å². The summed E-state index contributed by atoms with van der Waals surface area (Å²) in [5, 5.41) is 11.4. The third-order valence-corrected chi connectivity index (χ3v) is 8.01. The molecule has 162 valence electrons. The molecule has 1 aliphatic rings. The Labute approximate surface area is 193 Å². The molecule has 0 aromatic heterocycles. The quantitative estimate of drug-likeness (QED) is 0.238. The van der Waals surface area contributed by atoms with E-state index in [-0.39, 0.29) is 0 Å². The molecule has 2 unspecified atom stereocenters. The van der Waals surface area contributed by atoms with Crippen LogP contribution in [0.5, 0.6) is 0 Å². The molecule has 1 heterocycles. The van der Waals surface area contributed by atoms with Crippen molar-refractivity contribution in [3.8, 4) is 0 Å². The van der Waals surface area contributed by atoms with Gasteiger partial charge in [0.25, 0.3) is 0 Å². The van der Waals surface area contributed by atoms with Gasteiger partial charge in [0.1, 0.15) is 0 Å². The first kappa shape index (κ1) is 22.1. The number of anilines is 3. The van der Waals surface area contributed by atoms with Crippen LogP contribution in [0.1, 0.15) is 24.6 Å². The number of para-hydroxylation sites is 2. The van der Waals surface area contributed by atoms with E-state index in [1.807, 2.05) is 65.6 Å². The van der Waals surface area contributed by atoms with E-state index in [9.17, 15) is 9.32 Å². The van der Waals surface area contributed by atoms with E-state index in [0.29, 0.717) is 22.9 Å². The topological polar surface area (TPSA) is 52.6 Å². The summed E-state index contributed by atoms with van der Waals surface area (Å²) in [6.07, 6.45) is 0.655. The van der Waals surface area contributed by atoms with E-state index >= 15 is 0 Å². The average molecular weight is 473 g/mol. The lowest BCUT2D eigenvalue weighted by Gasteiger charge is -2.36. The summed E-state index contributed by atoms with van der Waals surface area (Å²) in [6, 6.07) is 23.5. The summed E-state index contributed by atoms with van der Waals surface area (Å²) in [4.78, 5) is 4.13. The molecule has 0 fully saturated rings. The smallest absolute Gasteiger partial charge is 0.157 e. The highest BCUT2D eigenvalue weighted by Gasteiger charge is 2.28. The SMILES string of the molecule is C=S(=O)(CCCCCl)Nc1cccc(C(O)N2c3ccccc3Sc3ccccc32)c1. The monoisotopic (exact) mass is 472 g/mol. The second-order valence-electron chi connectivity index (χ2n) is 7.42. The fourth-order valence-electron chi connectivity index (χ4n) is 3.60. The van der Waals surface area contributed by atoms with Crippen molar-refractivity contribution in [3.05, 3.63) is 78.4 Å². The van der Waals surface area contributed by atoms with Crippen molar-refractivity contribution in [1.82, 2.24) is 0 Å². The van der Waals surface area contributed by atoms with Gasteiger partial charge in [0.05, 0.1) is 11.4 Å². The van der Waals surface area contributed by atoms with Gasteiger partial charge in [-0.3, -0.25) is 0 Å². The zero-order chi connectivity index (χ0) is 21.8. The van der Waals surface area contributed by atoms with Gasteiger partial charge in [-0.05, 0) is 55.1 Å². The molecule has 0 saturated heterocycles. The minimum atomic E-state index is -2.48. The summed E-state index contributed by atoms with van der Waals surface area (Å²) in [5.41, 5.74) is 3.30. The van der Waals surface area contributed by atoms with Crippen LogP contribution < -0.4 is 9.62 Å². The molecule has 3 aromatic rings. The Kier molecular flexibility index (Phi) is 6.82. The Morgan fingerprint density at radius 1 is 1.00 bits per heavy atom. The molecule has 0 saturated carbocycles. The maximum Gasteiger partial charge on any atom is 0.157 e. The molecule has 0 amide bonds. The van der Waals surface area contributed by atoms with Crippen LogP contribution in [0.2, 0.25) is 0 Å². The third-order valence-electron chi connectivity index (χ3n) is 5.06. The van der Waals surface area contributed by atoms with Crippen molar-refractivity contribution < 1.29 is 9.32 Å². The minimum Gasteiger partial charge on any atom is -0.369 e. The van der Waals surface area contributed by atoms with Crippen molar-refractivity contribution in [2.24, 2.45) is 0 Å². The lowest BCUT2D eigenvalue weighted by Crippen LogP contribution is -2.26. The summed E-state index contributed by atoms with van der Waals surface area (Å²) in [7, 11) is -2.48. The molecular formula is C24H25ClN2O2S2. The van der Waals surface area contributed by atoms with Crippen molar-refractivity contribution in [3.63, 3.8) is 0 Å². The van der Waals surface area contributed by atoms with Gasteiger partial charge in [-0.25, -0.2) is 4.21 Å². The number of aliphatic hydroxyl groups is 1. The number of hydrogen-bond donors (Lipinski definition) is 2. The standard InChI is InChI=1S/C24H25ClN2O2S2/c1-31(29,16-7-6-15-25)26-19-10-8-9-18(17-19)24(28)27-20-11-2-4-13-22(20)30-23-14-5-3-12-21(23)27/h2-5,8-14,17,24,28H,1,6-7,15-16H2,(H,26,29). The predicted molar refractivity (Wildman–Crippen MR) is 134 cm³/mol. The van der Waals surface area contributed by atoms with Gasteiger partial charge in [0.15, 0.2) is 6.23 Å². The lowest BCUT2D eigenvalue weighted by atomic mass is 10.1. The van der Waals surface area contributed by atoms with Gasteiger partial charge >= 0.3 is 0 Å². The molecule has 0 bridgehead atoms. The number of nitrogens with zero attached hydrogens (tertiary/aromatic N) is 1. The van der Waals surface area contributed by atoms with E-state index in [4.69, 9.17) is 11.6 Å². The number of halogens is 1. The highest BCUT2D eigenvalue weighted by molar-refractivity contribution is 8.01. The molecule has 4 nitrogen and oxygen atoms in total. The maximum atomic E-state index is 12.8. The van der Waals surface area contributed by atoms with Gasteiger partial charge in [-0.15, -0.1) is 11.6 Å². The van der Waals surface area contributed by atoms with Crippen molar-refractivity contribution in [2.45, 2.75) is 28.9 Å². The number of fused-ring (bicyclic) bond motifs is 2. The van der Waals surface area contributed by atoms with E-state index in [0.717, 1.165) is 34.0 Å². The first-order chi connectivity index (χ1) is 15.0. The molecule has 3 aromatic carbocycles. The normalized spacial score (nSPS) is 15.5. The Balaban J connectivity index is 1.64. The second-order valence-corrected chi connectivity index (χ2v) is 11.1. The number of benzene rings is 3. The molecular weight excluding hydrogens is 448 g/mol. The first-order valence-corrected chi connectivity index (χ1v) is 13.3. The van der Waals surface area contributed by atoms with Gasteiger partial charge in [0, 0.05) is 42.4 Å². The number of rotatable bonds is 8. The molecule has 0 aliphatic carbocycles. The highest BCUT2D eigenvalue weighted by atomic mass is 35.5. The second kappa shape index (κ2) is 9.57. The van der Waals surface area contributed by atoms with Gasteiger partial charge < -0.3 is 14.7 Å². The fraction of sp³-hybridized carbons (Fsp3) is 0.208. The zero-order valence-corrected chi connectivity index (χ0v) is 19.4. The summed E-state index contributed by atoms with van der Waals surface area (Å²) in [6.45, 7) is 0. The Hall–Kier alpha value is -2.12. The third kappa shape index (κ3) is 5.04. The Morgan fingerprint density at radius 2 is 1.65 bits per heavy atom. The van der Waals surface area contributed by atoms with Gasteiger partial charge in [-0.2, -0.15) is 0 Å². The van der Waals surface area contributed by atoms with Gasteiger partial charge in [-0.1, -0.05) is 48.2 Å². The first-order valence-electron chi connectivity index (χ1n) is 10.1. The van der Waals surface area contributed by atoms with Crippen LogP contribution >= 0.6 is 23.4 Å². The molecule has 2 N–H and O–H groups in total. The Bertz CT molecular complexity index is 1120. The van der Waals surface area contributed by atoms with Crippen molar-refractivity contribution >= 4 is 56.0 Å². The van der Waals surface area contributed by atoms with Crippen LogP contribution in [-0.4, -0.2) is 26.8 Å². The number of alkyl halides is 1. The number of nitrogens with one attached hydrogen (secondary N) is 1. The van der Waals surface area contributed by atoms with Crippen LogP contribution in [0.25, 0.3) is 0 Å². The van der Waals surface area contributed by atoms with Crippen molar-refractivity contribution in [1.29, 1.82) is 0 Å². The van der Waals surface area contributed by atoms with Crippen LogP contribution in [0.15, 0.2) is 82.6 Å². The molecule has 0 radical (unpaired) electrons. The van der Waals surface area contributed by atoms with Crippen LogP contribution in [0.4, 0.5) is 17.1 Å². The Morgan fingerprint density at radius 3 is 2.29 bits per heavy atom. The van der Waals surface area contributed by atoms with E-state index in [1.165, 1.54) is 0 Å². The molecule has 2 atom stereocenters. The van der Waals surface area contributed by atoms with Crippen LogP contribution in [-0.2, 0) is 9.71 Å². The largest absolute Gasteiger partial charge is 0.369 e. The summed E-state index contributed by atoms with van der Waals surface area (Å²) >= 11 is 7.42. The van der Waals surface area contributed by atoms with E-state index in [1.54, 1.807) is 11.8 Å². The molecule has 4 rings (SSSR count). The highest BCUT2D eigenvalue weighted by Crippen LogP contribution is 2.50. The van der Waals surface area contributed by atoms with Crippen LogP contribution in [0.3, 0.4) is 0 Å². The lowest BCUT2D eigenvalue weighted by molar-refractivity contribution is 0.183. The molecule has 31 heavy (non-hydrogen) atoms. The molecule has 7 heteroatoms. The van der Waals surface area contributed by atoms with Crippen LogP contribution in [0, 0.1) is 0 Å². The minimum absolute atomic E-state index is 0.455. The number of unbranched alkanes of at least 4 members (excludes halogenated alkanes) is 1. The number of hydrogen-bond acceptors (Lipinski definition) is 4. The number of aliphatic hydroxyl groups excluding tert-OH is 1. The summed E-state index contributed by atoms with van der Waals surface area (Å²) < 4.78 is 15.9. The summed E-state index contributed by atoms with van der Waals surface area (Å²) in [5.74, 6) is 4.86. The molecule has 1 aliphatic heterocycles. The predicted octanol–water partition coefficient (Wildman–Crippen LogP) is 6.04. The average Bonchev–Trinajstić information content (AvgIpc) is 2.77. The van der Waals surface area contributed by atoms with E-state index < -0.39 is 15.9 Å². The maximum absolute atomic E-state index is 12.8. The molecule has 0 spiro atoms. The van der Waals surface area contributed by atoms with Gasteiger partial charge in [0.2, 0.25) is 0 Å². The van der Waals surface area contributed by atoms with Crippen molar-refractivity contribution in [2.75, 3.05) is 21.3 Å².